The Morgan fingerprint density at radius 3 is 2.89 bits per heavy atom. The van der Waals surface area contributed by atoms with E-state index in [9.17, 15) is 19.3 Å². The summed E-state index contributed by atoms with van der Waals surface area (Å²) in [5.74, 6) is 0.733. The normalized spacial score (nSPS) is 9.33. The van der Waals surface area contributed by atoms with Crippen LogP contribution in [-0.2, 0) is 4.79 Å². The molecule has 0 spiro atoms. The van der Waals surface area contributed by atoms with Gasteiger partial charge in [-0.15, -0.1) is 6.42 Å². The van der Waals surface area contributed by atoms with Gasteiger partial charge in [-0.25, -0.2) is 0 Å². The topological polar surface area (TPSA) is 81.5 Å². The number of ether oxygens (including phenoxy) is 1. The van der Waals surface area contributed by atoms with Crippen molar-refractivity contribution in [2.75, 3.05) is 13.2 Å². The third-order valence-electron chi connectivity index (χ3n) is 1.87. The number of amides is 1. The number of nitro benzene ring substituents is 1. The summed E-state index contributed by atoms with van der Waals surface area (Å²) in [6.45, 7) is -0.282. The summed E-state index contributed by atoms with van der Waals surface area (Å²) >= 11 is 0. The molecule has 0 fully saturated rings. The third-order valence-corrected chi connectivity index (χ3v) is 1.87. The first-order chi connectivity index (χ1) is 8.54. The van der Waals surface area contributed by atoms with Gasteiger partial charge in [0.1, 0.15) is 5.75 Å². The lowest BCUT2D eigenvalue weighted by atomic mass is 10.3. The summed E-state index contributed by atoms with van der Waals surface area (Å²) in [5, 5.41) is 12.7. The molecule has 1 N–H and O–H groups in total. The molecule has 1 amide bonds. The Bertz CT molecular complexity index is 510. The molecule has 18 heavy (non-hydrogen) atoms. The van der Waals surface area contributed by atoms with E-state index < -0.39 is 22.3 Å². The van der Waals surface area contributed by atoms with E-state index in [2.05, 4.69) is 11.2 Å². The van der Waals surface area contributed by atoms with Crippen LogP contribution in [0, 0.1) is 28.3 Å². The van der Waals surface area contributed by atoms with Crippen molar-refractivity contribution in [3.8, 4) is 18.1 Å². The molecule has 0 aliphatic heterocycles. The summed E-state index contributed by atoms with van der Waals surface area (Å²) in [4.78, 5) is 20.6. The van der Waals surface area contributed by atoms with E-state index in [1.165, 1.54) is 6.07 Å². The van der Waals surface area contributed by atoms with E-state index in [0.29, 0.717) is 0 Å². The van der Waals surface area contributed by atoms with Gasteiger partial charge in [0.05, 0.1) is 11.5 Å². The van der Waals surface area contributed by atoms with Crippen LogP contribution in [0.25, 0.3) is 0 Å². The molecule has 1 aromatic carbocycles. The molecule has 0 bridgehead atoms. The Morgan fingerprint density at radius 1 is 1.61 bits per heavy atom. The molecular formula is C11H9FN2O4. The molecule has 0 saturated heterocycles. The second kappa shape index (κ2) is 6.20. The van der Waals surface area contributed by atoms with Crippen LogP contribution in [0.4, 0.5) is 10.1 Å². The number of benzene rings is 1. The largest absolute Gasteiger partial charge is 0.484 e. The van der Waals surface area contributed by atoms with Crippen LogP contribution >= 0.6 is 0 Å². The fraction of sp³-hybridized carbons (Fsp3) is 0.182. The standard InChI is InChI=1S/C11H9FN2O4/c1-2-5-13-11(15)7-18-8-3-4-10(14(16)17)9(12)6-8/h1,3-4,6H,5,7H2,(H,13,15). The highest BCUT2D eigenvalue weighted by Crippen LogP contribution is 2.22. The van der Waals surface area contributed by atoms with Crippen molar-refractivity contribution in [1.82, 2.24) is 5.32 Å². The van der Waals surface area contributed by atoms with Crippen molar-refractivity contribution < 1.29 is 18.8 Å². The second-order valence-corrected chi connectivity index (χ2v) is 3.14. The van der Waals surface area contributed by atoms with Crippen LogP contribution in [0.2, 0.25) is 0 Å². The summed E-state index contributed by atoms with van der Waals surface area (Å²) < 4.78 is 18.1. The quantitative estimate of drug-likeness (QED) is 0.478. The van der Waals surface area contributed by atoms with Crippen molar-refractivity contribution >= 4 is 11.6 Å². The van der Waals surface area contributed by atoms with Gasteiger partial charge in [0.25, 0.3) is 5.91 Å². The maximum atomic E-state index is 13.2. The van der Waals surface area contributed by atoms with Gasteiger partial charge >= 0.3 is 5.69 Å². The molecule has 1 rings (SSSR count). The number of nitrogens with one attached hydrogen (secondary N) is 1. The minimum absolute atomic E-state index is 0.0222. The van der Waals surface area contributed by atoms with E-state index in [4.69, 9.17) is 11.2 Å². The first-order valence-electron chi connectivity index (χ1n) is 4.81. The van der Waals surface area contributed by atoms with Gasteiger partial charge in [0.2, 0.25) is 5.82 Å². The number of hydrogen-bond acceptors (Lipinski definition) is 4. The van der Waals surface area contributed by atoms with E-state index in [-0.39, 0.29) is 18.9 Å². The molecule has 0 saturated carbocycles. The van der Waals surface area contributed by atoms with E-state index in [0.717, 1.165) is 12.1 Å². The van der Waals surface area contributed by atoms with Crippen molar-refractivity contribution in [2.45, 2.75) is 0 Å². The minimum Gasteiger partial charge on any atom is -0.484 e. The average molecular weight is 252 g/mol. The Morgan fingerprint density at radius 2 is 2.33 bits per heavy atom. The first kappa shape index (κ1) is 13.4. The fourth-order valence-electron chi connectivity index (χ4n) is 1.08. The van der Waals surface area contributed by atoms with Crippen molar-refractivity contribution in [3.05, 3.63) is 34.1 Å². The summed E-state index contributed by atoms with van der Waals surface area (Å²) in [6, 6.07) is 3.01. The molecule has 0 unspecified atom stereocenters. The highest BCUT2D eigenvalue weighted by Gasteiger charge is 2.14. The van der Waals surface area contributed by atoms with E-state index in [1.807, 2.05) is 0 Å². The Hall–Kier alpha value is -2.62. The number of halogens is 1. The van der Waals surface area contributed by atoms with Crippen LogP contribution in [-0.4, -0.2) is 24.0 Å². The molecule has 0 aliphatic carbocycles. The maximum Gasteiger partial charge on any atom is 0.305 e. The minimum atomic E-state index is -1.03. The number of rotatable bonds is 5. The zero-order chi connectivity index (χ0) is 13.5. The lowest BCUT2D eigenvalue weighted by Crippen LogP contribution is -2.29. The van der Waals surface area contributed by atoms with Gasteiger partial charge in [-0.1, -0.05) is 5.92 Å². The van der Waals surface area contributed by atoms with Crippen LogP contribution in [0.3, 0.4) is 0 Å². The van der Waals surface area contributed by atoms with Crippen molar-refractivity contribution in [3.63, 3.8) is 0 Å². The van der Waals surface area contributed by atoms with Gasteiger partial charge < -0.3 is 10.1 Å². The number of carbonyl (C=O) groups excluding carboxylic acids is 1. The molecule has 0 aromatic heterocycles. The van der Waals surface area contributed by atoms with Gasteiger partial charge in [-0.05, 0) is 6.07 Å². The van der Waals surface area contributed by atoms with Crippen LogP contribution in [0.15, 0.2) is 18.2 Å². The lowest BCUT2D eigenvalue weighted by molar-refractivity contribution is -0.387. The number of nitrogens with zero attached hydrogens (tertiary/aromatic N) is 1. The molecular weight excluding hydrogens is 243 g/mol. The summed E-state index contributed by atoms with van der Waals surface area (Å²) in [6.07, 6.45) is 4.93. The number of hydrogen-bond donors (Lipinski definition) is 1. The third kappa shape index (κ3) is 3.75. The average Bonchev–Trinajstić information content (AvgIpc) is 2.33. The lowest BCUT2D eigenvalue weighted by Gasteiger charge is -2.05. The highest BCUT2D eigenvalue weighted by atomic mass is 19.1. The highest BCUT2D eigenvalue weighted by molar-refractivity contribution is 5.77. The SMILES string of the molecule is C#CCNC(=O)COc1ccc([N+](=O)[O-])c(F)c1. The van der Waals surface area contributed by atoms with Gasteiger partial charge in [0, 0.05) is 12.1 Å². The molecule has 7 heteroatoms. The van der Waals surface area contributed by atoms with Crippen molar-refractivity contribution in [2.24, 2.45) is 0 Å². The van der Waals surface area contributed by atoms with E-state index >= 15 is 0 Å². The van der Waals surface area contributed by atoms with Gasteiger partial charge in [0.15, 0.2) is 6.61 Å². The number of nitro groups is 1. The molecule has 6 nitrogen and oxygen atoms in total. The molecule has 94 valence electrons. The van der Waals surface area contributed by atoms with Crippen LogP contribution < -0.4 is 10.1 Å². The Balaban J connectivity index is 2.59. The second-order valence-electron chi connectivity index (χ2n) is 3.14. The predicted molar refractivity (Wildman–Crippen MR) is 60.4 cm³/mol. The van der Waals surface area contributed by atoms with Crippen LogP contribution in [0.5, 0.6) is 5.75 Å². The van der Waals surface area contributed by atoms with Gasteiger partial charge in [-0.2, -0.15) is 4.39 Å². The zero-order valence-corrected chi connectivity index (χ0v) is 9.18. The van der Waals surface area contributed by atoms with E-state index in [1.54, 1.807) is 0 Å². The summed E-state index contributed by atoms with van der Waals surface area (Å²) in [5.41, 5.74) is -0.654. The zero-order valence-electron chi connectivity index (χ0n) is 9.18. The summed E-state index contributed by atoms with van der Waals surface area (Å²) in [7, 11) is 0. The maximum absolute atomic E-state index is 13.2. The first-order valence-corrected chi connectivity index (χ1v) is 4.81. The number of terminal acetylenes is 1. The monoisotopic (exact) mass is 252 g/mol. The Labute approximate surface area is 102 Å². The van der Waals surface area contributed by atoms with Crippen molar-refractivity contribution in [1.29, 1.82) is 0 Å². The molecule has 0 atom stereocenters. The number of carbonyl (C=O) groups is 1. The van der Waals surface area contributed by atoms with Gasteiger partial charge in [-0.3, -0.25) is 14.9 Å². The fourth-order valence-corrected chi connectivity index (χ4v) is 1.08. The molecule has 0 heterocycles. The molecule has 1 aromatic rings. The predicted octanol–water partition coefficient (Wildman–Crippen LogP) is 0.862. The smallest absolute Gasteiger partial charge is 0.305 e. The molecule has 0 aliphatic rings. The van der Waals surface area contributed by atoms with Crippen LogP contribution in [0.1, 0.15) is 0 Å². The molecule has 0 radical (unpaired) electrons. The Kier molecular flexibility index (Phi) is 4.63.